The van der Waals surface area contributed by atoms with Crippen molar-refractivity contribution in [2.75, 3.05) is 0 Å². The van der Waals surface area contributed by atoms with Gasteiger partial charge >= 0.3 is 0 Å². The van der Waals surface area contributed by atoms with Crippen molar-refractivity contribution in [1.29, 1.82) is 0 Å². The monoisotopic (exact) mass is 629 g/mol. The van der Waals surface area contributed by atoms with Crippen LogP contribution in [-0.2, 0) is 0 Å². The highest BCUT2D eigenvalue weighted by Gasteiger charge is 2.18. The lowest BCUT2D eigenvalue weighted by molar-refractivity contribution is 0.669. The van der Waals surface area contributed by atoms with Crippen molar-refractivity contribution in [3.05, 3.63) is 164 Å². The second-order valence-electron chi connectivity index (χ2n) is 11.7. The van der Waals surface area contributed by atoms with Crippen molar-refractivity contribution >= 4 is 21.9 Å². The molecule has 230 valence electrons. The molecule has 6 nitrogen and oxygen atoms in total. The highest BCUT2D eigenvalue weighted by Crippen LogP contribution is 2.38. The van der Waals surface area contributed by atoms with Crippen molar-refractivity contribution in [3.63, 3.8) is 0 Å². The molecule has 0 amide bonds. The van der Waals surface area contributed by atoms with Gasteiger partial charge in [0.25, 0.3) is 0 Å². The van der Waals surface area contributed by atoms with E-state index in [0.717, 1.165) is 66.7 Å². The van der Waals surface area contributed by atoms with Crippen LogP contribution in [0.15, 0.2) is 168 Å². The molecule has 0 saturated heterocycles. The van der Waals surface area contributed by atoms with Crippen LogP contribution in [0.4, 0.5) is 0 Å². The van der Waals surface area contributed by atoms with Gasteiger partial charge in [-0.3, -0.25) is 0 Å². The van der Waals surface area contributed by atoms with Gasteiger partial charge in [-0.25, -0.2) is 24.9 Å². The van der Waals surface area contributed by atoms with Gasteiger partial charge in [0.2, 0.25) is 0 Å². The molecule has 0 radical (unpaired) electrons. The number of hydrogen-bond donors (Lipinski definition) is 0. The van der Waals surface area contributed by atoms with E-state index in [9.17, 15) is 0 Å². The highest BCUT2D eigenvalue weighted by molar-refractivity contribution is 6.10. The maximum atomic E-state index is 6.57. The molecule has 9 aromatic rings. The lowest BCUT2D eigenvalue weighted by Gasteiger charge is -2.09. The van der Waals surface area contributed by atoms with Crippen molar-refractivity contribution in [1.82, 2.24) is 24.9 Å². The van der Waals surface area contributed by atoms with Crippen LogP contribution in [0.5, 0.6) is 0 Å². The summed E-state index contributed by atoms with van der Waals surface area (Å²) in [4.78, 5) is 24.9. The van der Waals surface area contributed by atoms with Crippen LogP contribution in [0.1, 0.15) is 0 Å². The van der Waals surface area contributed by atoms with E-state index in [0.29, 0.717) is 23.3 Å². The van der Waals surface area contributed by atoms with Crippen LogP contribution >= 0.6 is 0 Å². The Labute approximate surface area is 282 Å². The predicted octanol–water partition coefficient (Wildman–Crippen LogP) is 10.6. The number of hydrogen-bond acceptors (Lipinski definition) is 6. The Morgan fingerprint density at radius 2 is 0.816 bits per heavy atom. The van der Waals surface area contributed by atoms with Gasteiger partial charge in [0, 0.05) is 38.6 Å². The van der Waals surface area contributed by atoms with E-state index in [2.05, 4.69) is 36.4 Å². The number of fused-ring (bicyclic) bond motifs is 3. The van der Waals surface area contributed by atoms with Gasteiger partial charge in [-0.2, -0.15) is 0 Å². The molecule has 6 aromatic carbocycles. The van der Waals surface area contributed by atoms with Gasteiger partial charge < -0.3 is 4.42 Å². The molecule has 0 aliphatic heterocycles. The Morgan fingerprint density at radius 1 is 0.327 bits per heavy atom. The third kappa shape index (κ3) is 5.41. The molecule has 0 saturated carbocycles. The molecule has 0 aliphatic rings. The Morgan fingerprint density at radius 3 is 1.35 bits per heavy atom. The molecule has 3 heterocycles. The zero-order chi connectivity index (χ0) is 32.6. The molecule has 0 bridgehead atoms. The molecule has 49 heavy (non-hydrogen) atoms. The van der Waals surface area contributed by atoms with Crippen molar-refractivity contribution in [3.8, 4) is 68.1 Å². The van der Waals surface area contributed by atoms with E-state index < -0.39 is 0 Å². The number of para-hydroxylation sites is 1. The number of rotatable bonds is 6. The molecule has 9 rings (SSSR count). The SMILES string of the molecule is c1ccc(-c2cc(-c3ccccc3)nc(-c3cccc4c3oc3ccc(-c5nc(-c6ccccc6)nc(-c6ccccc6)n5)cc34)n2)cc1. The minimum absolute atomic E-state index is 0.589. The van der Waals surface area contributed by atoms with Crippen LogP contribution in [0, 0.1) is 0 Å². The second-order valence-corrected chi connectivity index (χ2v) is 11.7. The van der Waals surface area contributed by atoms with E-state index in [-0.39, 0.29) is 0 Å². The summed E-state index contributed by atoms with van der Waals surface area (Å²) in [5.74, 6) is 2.43. The van der Waals surface area contributed by atoms with Gasteiger partial charge in [0.1, 0.15) is 11.2 Å². The summed E-state index contributed by atoms with van der Waals surface area (Å²) in [7, 11) is 0. The average Bonchev–Trinajstić information content (AvgIpc) is 3.57. The average molecular weight is 630 g/mol. The molecule has 6 heteroatoms. The summed E-state index contributed by atoms with van der Waals surface area (Å²) >= 11 is 0. The minimum Gasteiger partial charge on any atom is -0.455 e. The number of benzene rings is 6. The first kappa shape index (κ1) is 28.4. The molecule has 0 fully saturated rings. The summed E-state index contributed by atoms with van der Waals surface area (Å²) in [5, 5.41) is 1.92. The van der Waals surface area contributed by atoms with E-state index >= 15 is 0 Å². The first-order chi connectivity index (χ1) is 24.3. The molecule has 3 aromatic heterocycles. The normalized spacial score (nSPS) is 11.3. The molecule has 0 unspecified atom stereocenters. The summed E-state index contributed by atoms with van der Waals surface area (Å²) in [6, 6.07) is 54.6. The maximum absolute atomic E-state index is 6.57. The van der Waals surface area contributed by atoms with E-state index in [1.165, 1.54) is 0 Å². The zero-order valence-electron chi connectivity index (χ0n) is 26.2. The molecule has 0 N–H and O–H groups in total. The summed E-state index contributed by atoms with van der Waals surface area (Å²) in [6.45, 7) is 0. The van der Waals surface area contributed by atoms with Crippen molar-refractivity contribution in [2.24, 2.45) is 0 Å². The van der Waals surface area contributed by atoms with Crippen LogP contribution in [-0.4, -0.2) is 24.9 Å². The van der Waals surface area contributed by atoms with Crippen molar-refractivity contribution < 1.29 is 4.42 Å². The smallest absolute Gasteiger partial charge is 0.164 e. The molecule has 0 aliphatic carbocycles. The number of furan rings is 1. The first-order valence-electron chi connectivity index (χ1n) is 16.1. The van der Waals surface area contributed by atoms with E-state index in [4.69, 9.17) is 29.3 Å². The standard InChI is InChI=1S/C43H27N5O/c1-5-14-28(15-6-1)36-27-37(29-16-7-2-8-17-29)45-43(44-36)34-23-13-22-33-35-26-32(24-25-38(35)49-39(33)34)42-47-40(30-18-9-3-10-19-30)46-41(48-42)31-20-11-4-12-21-31/h1-27H. The minimum atomic E-state index is 0.589. The van der Waals surface area contributed by atoms with E-state index in [1.54, 1.807) is 0 Å². The van der Waals surface area contributed by atoms with Crippen molar-refractivity contribution in [2.45, 2.75) is 0 Å². The summed E-state index contributed by atoms with van der Waals surface area (Å²) < 4.78 is 6.57. The third-order valence-corrected chi connectivity index (χ3v) is 8.56. The lowest BCUT2D eigenvalue weighted by atomic mass is 10.0. The second kappa shape index (κ2) is 12.1. The zero-order valence-corrected chi connectivity index (χ0v) is 26.2. The quantitative estimate of drug-likeness (QED) is 0.182. The fourth-order valence-electron chi connectivity index (χ4n) is 6.13. The fourth-order valence-corrected chi connectivity index (χ4v) is 6.13. The van der Waals surface area contributed by atoms with Crippen LogP contribution in [0.2, 0.25) is 0 Å². The largest absolute Gasteiger partial charge is 0.455 e. The predicted molar refractivity (Wildman–Crippen MR) is 195 cm³/mol. The van der Waals surface area contributed by atoms with E-state index in [1.807, 2.05) is 127 Å². The van der Waals surface area contributed by atoms with Crippen LogP contribution < -0.4 is 0 Å². The molecule has 0 atom stereocenters. The Balaban J connectivity index is 1.20. The topological polar surface area (TPSA) is 77.6 Å². The molecular weight excluding hydrogens is 603 g/mol. The Hall–Kier alpha value is -6.79. The Bertz CT molecular complexity index is 2470. The van der Waals surface area contributed by atoms with Gasteiger partial charge in [0.05, 0.1) is 17.0 Å². The van der Waals surface area contributed by atoms with Gasteiger partial charge in [-0.05, 0) is 30.3 Å². The van der Waals surface area contributed by atoms with Gasteiger partial charge in [-0.15, -0.1) is 0 Å². The summed E-state index contributed by atoms with van der Waals surface area (Å²) in [5.41, 5.74) is 8.76. The van der Waals surface area contributed by atoms with Gasteiger partial charge in [0.15, 0.2) is 23.3 Å². The highest BCUT2D eigenvalue weighted by atomic mass is 16.3. The molecular formula is C43H27N5O. The number of aromatic nitrogens is 5. The van der Waals surface area contributed by atoms with Gasteiger partial charge in [-0.1, -0.05) is 133 Å². The van der Waals surface area contributed by atoms with Crippen LogP contribution in [0.3, 0.4) is 0 Å². The van der Waals surface area contributed by atoms with Crippen LogP contribution in [0.25, 0.3) is 90.0 Å². The Kier molecular flexibility index (Phi) is 7.02. The lowest BCUT2D eigenvalue weighted by Crippen LogP contribution is -2.00. The third-order valence-electron chi connectivity index (χ3n) is 8.56. The first-order valence-corrected chi connectivity index (χ1v) is 16.1. The molecule has 0 spiro atoms. The fraction of sp³-hybridized carbons (Fsp3) is 0. The number of nitrogens with zero attached hydrogens (tertiary/aromatic N) is 5. The maximum Gasteiger partial charge on any atom is 0.164 e. The summed E-state index contributed by atoms with van der Waals surface area (Å²) in [6.07, 6.45) is 0.